The Kier molecular flexibility index (Phi) is 5.78. The van der Waals surface area contributed by atoms with Gasteiger partial charge in [0.1, 0.15) is 17.5 Å². The van der Waals surface area contributed by atoms with Gasteiger partial charge in [-0.2, -0.15) is 0 Å². The first-order valence-electron chi connectivity index (χ1n) is 9.00. The van der Waals surface area contributed by atoms with Crippen LogP contribution in [0.1, 0.15) is 36.9 Å². The molecule has 0 aromatic heterocycles. The summed E-state index contributed by atoms with van der Waals surface area (Å²) in [4.78, 5) is 13.9. The molecule has 1 fully saturated rings. The predicted molar refractivity (Wildman–Crippen MR) is 99.8 cm³/mol. The van der Waals surface area contributed by atoms with Gasteiger partial charge in [0.05, 0.1) is 19.8 Å². The van der Waals surface area contributed by atoms with Crippen molar-refractivity contribution in [3.63, 3.8) is 0 Å². The number of para-hydroxylation sites is 2. The number of rotatable bonds is 7. The maximum Gasteiger partial charge on any atom is 0.320 e. The van der Waals surface area contributed by atoms with E-state index < -0.39 is 12.0 Å². The Labute approximate surface area is 154 Å². The summed E-state index contributed by atoms with van der Waals surface area (Å²) in [5.41, 5.74) is 1.92. The molecule has 3 rings (SSSR count). The maximum atomic E-state index is 11.8. The first-order valence-corrected chi connectivity index (χ1v) is 9.00. The number of benzene rings is 2. The minimum Gasteiger partial charge on any atom is -0.496 e. The number of hydrogen-bond donors (Lipinski definition) is 1. The molecular weight excluding hydrogens is 330 g/mol. The molecule has 2 unspecified atom stereocenters. The van der Waals surface area contributed by atoms with Crippen molar-refractivity contribution < 1.29 is 19.4 Å². The lowest BCUT2D eigenvalue weighted by Crippen LogP contribution is -2.39. The summed E-state index contributed by atoms with van der Waals surface area (Å²) in [6, 6.07) is 14.9. The Morgan fingerprint density at radius 3 is 2.38 bits per heavy atom. The second-order valence-corrected chi connectivity index (χ2v) is 6.35. The third-order valence-corrected chi connectivity index (χ3v) is 4.86. The minimum atomic E-state index is -0.781. The average molecular weight is 355 g/mol. The summed E-state index contributed by atoms with van der Waals surface area (Å²) >= 11 is 0. The highest BCUT2D eigenvalue weighted by Gasteiger charge is 2.38. The average Bonchev–Trinajstić information content (AvgIpc) is 3.14. The Hall–Kier alpha value is -2.53. The smallest absolute Gasteiger partial charge is 0.320 e. The molecule has 1 heterocycles. The number of aliphatic carboxylic acids is 1. The van der Waals surface area contributed by atoms with E-state index in [0.29, 0.717) is 13.0 Å². The molecule has 0 aliphatic carbocycles. The van der Waals surface area contributed by atoms with Gasteiger partial charge in [0.15, 0.2) is 0 Å². The lowest BCUT2D eigenvalue weighted by atomic mass is 9.94. The molecule has 5 heteroatoms. The molecule has 2 aromatic carbocycles. The summed E-state index contributed by atoms with van der Waals surface area (Å²) in [5, 5.41) is 9.72. The van der Waals surface area contributed by atoms with E-state index in [1.807, 2.05) is 55.5 Å². The van der Waals surface area contributed by atoms with E-state index >= 15 is 0 Å². The van der Waals surface area contributed by atoms with Crippen LogP contribution >= 0.6 is 0 Å². The Morgan fingerprint density at radius 2 is 1.77 bits per heavy atom. The van der Waals surface area contributed by atoms with Gasteiger partial charge in [0.2, 0.25) is 0 Å². The fourth-order valence-electron chi connectivity index (χ4n) is 3.77. The number of hydrogen-bond acceptors (Lipinski definition) is 4. The first-order chi connectivity index (χ1) is 12.7. The monoisotopic (exact) mass is 355 g/mol. The number of ether oxygens (including phenoxy) is 2. The van der Waals surface area contributed by atoms with Crippen molar-refractivity contribution in [1.82, 2.24) is 4.90 Å². The van der Waals surface area contributed by atoms with Crippen LogP contribution in [0.2, 0.25) is 0 Å². The van der Waals surface area contributed by atoms with Gasteiger partial charge >= 0.3 is 5.97 Å². The normalized spacial score (nSPS) is 18.5. The fourth-order valence-corrected chi connectivity index (χ4v) is 3.77. The number of carboxylic acids is 1. The Bertz CT molecular complexity index is 761. The fraction of sp³-hybridized carbons (Fsp3) is 0.381. The van der Waals surface area contributed by atoms with Crippen LogP contribution < -0.4 is 9.47 Å². The molecular formula is C21H25NO4. The first kappa shape index (κ1) is 18.3. The molecule has 2 aromatic rings. The zero-order valence-corrected chi connectivity index (χ0v) is 15.2. The number of methoxy groups -OCH3 is 1. The van der Waals surface area contributed by atoms with E-state index in [0.717, 1.165) is 35.6 Å². The summed E-state index contributed by atoms with van der Waals surface area (Å²) in [6.45, 7) is 3.23. The van der Waals surface area contributed by atoms with Gasteiger partial charge in [-0.1, -0.05) is 36.4 Å². The van der Waals surface area contributed by atoms with Crippen LogP contribution in [-0.4, -0.2) is 42.3 Å². The van der Waals surface area contributed by atoms with Gasteiger partial charge in [-0.25, -0.2) is 0 Å². The number of carboxylic acid groups (broad SMARTS) is 1. The van der Waals surface area contributed by atoms with Crippen molar-refractivity contribution >= 4 is 5.97 Å². The topological polar surface area (TPSA) is 59.0 Å². The van der Waals surface area contributed by atoms with Crippen molar-refractivity contribution in [1.29, 1.82) is 0 Å². The summed E-state index contributed by atoms with van der Waals surface area (Å²) < 4.78 is 11.4. The summed E-state index contributed by atoms with van der Waals surface area (Å²) in [6.07, 6.45) is 1.51. The highest BCUT2D eigenvalue weighted by molar-refractivity contribution is 5.74. The van der Waals surface area contributed by atoms with Crippen LogP contribution in [0, 0.1) is 0 Å². The maximum absolute atomic E-state index is 11.8. The summed E-state index contributed by atoms with van der Waals surface area (Å²) in [5.74, 6) is 0.748. The van der Waals surface area contributed by atoms with Gasteiger partial charge in [-0.15, -0.1) is 0 Å². The van der Waals surface area contributed by atoms with Crippen LogP contribution in [0.15, 0.2) is 48.5 Å². The van der Waals surface area contributed by atoms with Gasteiger partial charge in [-0.3, -0.25) is 9.69 Å². The standard InChI is InChI=1S/C21H25NO4/c1-3-26-19-13-7-5-10-16(19)20(15-9-4-6-12-18(15)25-2)22-14-8-11-17(22)21(23)24/h4-7,9-10,12-13,17,20H,3,8,11,14H2,1-2H3,(H,23,24). The molecule has 0 amide bonds. The molecule has 0 saturated carbocycles. The van der Waals surface area contributed by atoms with Crippen molar-refractivity contribution in [3.05, 3.63) is 59.7 Å². The van der Waals surface area contributed by atoms with E-state index in [4.69, 9.17) is 9.47 Å². The van der Waals surface area contributed by atoms with Gasteiger partial charge in [0.25, 0.3) is 0 Å². The SMILES string of the molecule is CCOc1ccccc1C(c1ccccc1OC)N1CCCC1C(=O)O. The molecule has 2 atom stereocenters. The van der Waals surface area contributed by atoms with Crippen LogP contribution in [-0.2, 0) is 4.79 Å². The zero-order valence-electron chi connectivity index (χ0n) is 15.2. The number of nitrogens with zero attached hydrogens (tertiary/aromatic N) is 1. The van der Waals surface area contributed by atoms with E-state index in [1.165, 1.54) is 0 Å². The molecule has 1 N–H and O–H groups in total. The van der Waals surface area contributed by atoms with Crippen LogP contribution in [0.25, 0.3) is 0 Å². The highest BCUT2D eigenvalue weighted by atomic mass is 16.5. The number of likely N-dealkylation sites (tertiary alicyclic amines) is 1. The van der Waals surface area contributed by atoms with Crippen LogP contribution in [0.4, 0.5) is 0 Å². The molecule has 1 aliphatic heterocycles. The molecule has 138 valence electrons. The molecule has 1 saturated heterocycles. The molecule has 5 nitrogen and oxygen atoms in total. The Balaban J connectivity index is 2.15. The second kappa shape index (κ2) is 8.23. The van der Waals surface area contributed by atoms with Gasteiger partial charge < -0.3 is 14.6 Å². The second-order valence-electron chi connectivity index (χ2n) is 6.35. The van der Waals surface area contributed by atoms with Crippen LogP contribution in [0.5, 0.6) is 11.5 Å². The lowest BCUT2D eigenvalue weighted by Gasteiger charge is -2.33. The van der Waals surface area contributed by atoms with Crippen molar-refractivity contribution in [2.45, 2.75) is 31.8 Å². The van der Waals surface area contributed by atoms with Gasteiger partial charge in [-0.05, 0) is 31.9 Å². The van der Waals surface area contributed by atoms with Crippen molar-refractivity contribution in [2.75, 3.05) is 20.3 Å². The van der Waals surface area contributed by atoms with Crippen molar-refractivity contribution in [3.8, 4) is 11.5 Å². The third kappa shape index (κ3) is 3.53. The predicted octanol–water partition coefficient (Wildman–Crippen LogP) is 3.73. The minimum absolute atomic E-state index is 0.238. The van der Waals surface area contributed by atoms with Crippen LogP contribution in [0.3, 0.4) is 0 Å². The lowest BCUT2D eigenvalue weighted by molar-refractivity contribution is -0.142. The van der Waals surface area contributed by atoms with E-state index in [9.17, 15) is 9.90 Å². The summed E-state index contributed by atoms with van der Waals surface area (Å²) in [7, 11) is 1.64. The van der Waals surface area contributed by atoms with Gasteiger partial charge in [0, 0.05) is 17.7 Å². The Morgan fingerprint density at radius 1 is 1.15 bits per heavy atom. The van der Waals surface area contributed by atoms with Crippen molar-refractivity contribution in [2.24, 2.45) is 0 Å². The zero-order chi connectivity index (χ0) is 18.5. The quantitative estimate of drug-likeness (QED) is 0.820. The molecule has 0 bridgehead atoms. The highest BCUT2D eigenvalue weighted by Crippen LogP contribution is 2.42. The van der Waals surface area contributed by atoms with E-state index in [1.54, 1.807) is 7.11 Å². The van der Waals surface area contributed by atoms with E-state index in [-0.39, 0.29) is 6.04 Å². The number of carbonyl (C=O) groups is 1. The third-order valence-electron chi connectivity index (χ3n) is 4.86. The molecule has 0 radical (unpaired) electrons. The van der Waals surface area contributed by atoms with E-state index in [2.05, 4.69) is 4.90 Å². The molecule has 26 heavy (non-hydrogen) atoms. The largest absolute Gasteiger partial charge is 0.496 e. The molecule has 1 aliphatic rings. The molecule has 0 spiro atoms.